The SMILES string of the molecule is CCn1ccc(CN(C)c2cc(C(=O)O)ncn2)n1. The molecule has 1 N–H and O–H groups in total. The molecule has 7 nitrogen and oxygen atoms in total. The van der Waals surface area contributed by atoms with Gasteiger partial charge in [0.25, 0.3) is 0 Å². The molecule has 100 valence electrons. The van der Waals surface area contributed by atoms with Crippen molar-refractivity contribution >= 4 is 11.8 Å². The summed E-state index contributed by atoms with van der Waals surface area (Å²) in [5.74, 6) is -0.509. The van der Waals surface area contributed by atoms with E-state index < -0.39 is 5.97 Å². The summed E-state index contributed by atoms with van der Waals surface area (Å²) in [6.07, 6.45) is 3.16. The summed E-state index contributed by atoms with van der Waals surface area (Å²) >= 11 is 0. The van der Waals surface area contributed by atoms with E-state index in [0.717, 1.165) is 12.2 Å². The topological polar surface area (TPSA) is 84.1 Å². The zero-order valence-electron chi connectivity index (χ0n) is 10.8. The lowest BCUT2D eigenvalue weighted by Crippen LogP contribution is -2.19. The number of rotatable bonds is 5. The van der Waals surface area contributed by atoms with E-state index in [2.05, 4.69) is 15.1 Å². The Morgan fingerprint density at radius 2 is 2.26 bits per heavy atom. The number of carboxylic acids is 1. The average Bonchev–Trinajstić information content (AvgIpc) is 2.86. The minimum atomic E-state index is -1.06. The van der Waals surface area contributed by atoms with Crippen molar-refractivity contribution in [1.29, 1.82) is 0 Å². The Bertz CT molecular complexity index is 581. The number of carbonyl (C=O) groups is 1. The highest BCUT2D eigenvalue weighted by Crippen LogP contribution is 2.12. The minimum absolute atomic E-state index is 0.0177. The highest BCUT2D eigenvalue weighted by Gasteiger charge is 2.10. The van der Waals surface area contributed by atoms with Gasteiger partial charge in [0.15, 0.2) is 5.69 Å². The summed E-state index contributed by atoms with van der Waals surface area (Å²) in [4.78, 5) is 20.4. The molecule has 2 aromatic heterocycles. The van der Waals surface area contributed by atoms with E-state index >= 15 is 0 Å². The molecule has 2 heterocycles. The summed E-state index contributed by atoms with van der Waals surface area (Å²) in [7, 11) is 1.83. The summed E-state index contributed by atoms with van der Waals surface area (Å²) < 4.78 is 1.84. The number of nitrogens with zero attached hydrogens (tertiary/aromatic N) is 5. The normalized spacial score (nSPS) is 10.4. The number of aromatic nitrogens is 4. The number of aryl methyl sites for hydroxylation is 1. The van der Waals surface area contributed by atoms with Crippen LogP contribution in [0.4, 0.5) is 5.82 Å². The molecular formula is C12H15N5O2. The molecule has 0 atom stereocenters. The maximum absolute atomic E-state index is 10.9. The number of aromatic carboxylic acids is 1. The maximum Gasteiger partial charge on any atom is 0.354 e. The van der Waals surface area contributed by atoms with Crippen LogP contribution in [0.25, 0.3) is 0 Å². The van der Waals surface area contributed by atoms with Gasteiger partial charge in [-0.05, 0) is 13.0 Å². The predicted molar refractivity (Wildman–Crippen MR) is 69.0 cm³/mol. The highest BCUT2D eigenvalue weighted by molar-refractivity contribution is 5.86. The first-order valence-corrected chi connectivity index (χ1v) is 5.89. The Balaban J connectivity index is 2.12. The largest absolute Gasteiger partial charge is 0.477 e. The summed E-state index contributed by atoms with van der Waals surface area (Å²) in [6, 6.07) is 3.37. The molecule has 0 saturated heterocycles. The first-order valence-electron chi connectivity index (χ1n) is 5.89. The van der Waals surface area contributed by atoms with Crippen molar-refractivity contribution in [2.24, 2.45) is 0 Å². The predicted octanol–water partition coefficient (Wildman–Crippen LogP) is 1.03. The van der Waals surface area contributed by atoms with Crippen molar-refractivity contribution in [3.8, 4) is 0 Å². The number of hydrogen-bond acceptors (Lipinski definition) is 5. The molecule has 0 fully saturated rings. The van der Waals surface area contributed by atoms with Gasteiger partial charge in [0.05, 0.1) is 12.2 Å². The van der Waals surface area contributed by atoms with Gasteiger partial charge >= 0.3 is 5.97 Å². The fraction of sp³-hybridized carbons (Fsp3) is 0.333. The number of hydrogen-bond donors (Lipinski definition) is 1. The van der Waals surface area contributed by atoms with E-state index in [-0.39, 0.29) is 5.69 Å². The Morgan fingerprint density at radius 1 is 1.47 bits per heavy atom. The fourth-order valence-electron chi connectivity index (χ4n) is 1.66. The standard InChI is InChI=1S/C12H15N5O2/c1-3-17-5-4-9(15-17)7-16(2)11-6-10(12(18)19)13-8-14-11/h4-6,8H,3,7H2,1-2H3,(H,18,19). The van der Waals surface area contributed by atoms with E-state index in [1.54, 1.807) is 0 Å². The molecule has 0 unspecified atom stereocenters. The molecule has 0 aliphatic rings. The lowest BCUT2D eigenvalue weighted by molar-refractivity contribution is 0.0690. The van der Waals surface area contributed by atoms with E-state index in [1.165, 1.54) is 12.4 Å². The second kappa shape index (κ2) is 5.47. The van der Waals surface area contributed by atoms with Gasteiger partial charge in [0, 0.05) is 25.9 Å². The molecule has 0 saturated carbocycles. The van der Waals surface area contributed by atoms with E-state index in [9.17, 15) is 4.79 Å². The lowest BCUT2D eigenvalue weighted by atomic mass is 10.3. The van der Waals surface area contributed by atoms with Crippen LogP contribution in [-0.2, 0) is 13.1 Å². The van der Waals surface area contributed by atoms with Crippen molar-refractivity contribution < 1.29 is 9.90 Å². The van der Waals surface area contributed by atoms with Crippen molar-refractivity contribution in [1.82, 2.24) is 19.7 Å². The van der Waals surface area contributed by atoms with Crippen molar-refractivity contribution in [3.63, 3.8) is 0 Å². The van der Waals surface area contributed by atoms with Crippen molar-refractivity contribution in [3.05, 3.63) is 36.0 Å². The number of carboxylic acid groups (broad SMARTS) is 1. The minimum Gasteiger partial charge on any atom is -0.477 e. The van der Waals surface area contributed by atoms with Gasteiger partial charge in [-0.1, -0.05) is 0 Å². The van der Waals surface area contributed by atoms with Crippen LogP contribution in [0, 0.1) is 0 Å². The molecule has 0 bridgehead atoms. The van der Waals surface area contributed by atoms with Crippen LogP contribution in [0.5, 0.6) is 0 Å². The molecule has 0 aliphatic carbocycles. The Hall–Kier alpha value is -2.44. The van der Waals surface area contributed by atoms with Crippen LogP contribution >= 0.6 is 0 Å². The van der Waals surface area contributed by atoms with Crippen molar-refractivity contribution in [2.45, 2.75) is 20.0 Å². The van der Waals surface area contributed by atoms with Gasteiger partial charge < -0.3 is 10.0 Å². The van der Waals surface area contributed by atoms with Crippen LogP contribution in [0.1, 0.15) is 23.1 Å². The molecule has 2 rings (SSSR count). The third kappa shape index (κ3) is 3.06. The molecule has 0 spiro atoms. The smallest absolute Gasteiger partial charge is 0.354 e. The molecule has 7 heteroatoms. The zero-order valence-corrected chi connectivity index (χ0v) is 10.8. The molecule has 2 aromatic rings. The fourth-order valence-corrected chi connectivity index (χ4v) is 1.66. The first kappa shape index (κ1) is 13.0. The van der Waals surface area contributed by atoms with Crippen LogP contribution < -0.4 is 4.90 Å². The third-order valence-electron chi connectivity index (χ3n) is 2.68. The van der Waals surface area contributed by atoms with Gasteiger partial charge in [0.1, 0.15) is 12.1 Å². The number of anilines is 1. The van der Waals surface area contributed by atoms with E-state index in [1.807, 2.05) is 35.8 Å². The summed E-state index contributed by atoms with van der Waals surface area (Å²) in [5, 5.41) is 13.3. The van der Waals surface area contributed by atoms with Gasteiger partial charge in [-0.2, -0.15) is 5.10 Å². The summed E-state index contributed by atoms with van der Waals surface area (Å²) in [6.45, 7) is 3.40. The quantitative estimate of drug-likeness (QED) is 0.865. The Labute approximate surface area is 110 Å². The van der Waals surface area contributed by atoms with Crippen LogP contribution in [-0.4, -0.2) is 37.9 Å². The molecule has 0 aliphatic heterocycles. The van der Waals surface area contributed by atoms with Gasteiger partial charge in [-0.15, -0.1) is 0 Å². The maximum atomic E-state index is 10.9. The lowest BCUT2D eigenvalue weighted by Gasteiger charge is -2.16. The van der Waals surface area contributed by atoms with Crippen LogP contribution in [0.3, 0.4) is 0 Å². The van der Waals surface area contributed by atoms with Gasteiger partial charge in [-0.3, -0.25) is 4.68 Å². The van der Waals surface area contributed by atoms with Gasteiger partial charge in [-0.25, -0.2) is 14.8 Å². The zero-order chi connectivity index (χ0) is 13.8. The average molecular weight is 261 g/mol. The second-order valence-electron chi connectivity index (χ2n) is 4.09. The summed E-state index contributed by atoms with van der Waals surface area (Å²) in [5.41, 5.74) is 0.885. The molecule has 0 amide bonds. The Morgan fingerprint density at radius 3 is 2.89 bits per heavy atom. The van der Waals surface area contributed by atoms with Crippen molar-refractivity contribution in [2.75, 3.05) is 11.9 Å². The van der Waals surface area contributed by atoms with Crippen LogP contribution in [0.15, 0.2) is 24.7 Å². The van der Waals surface area contributed by atoms with Crippen LogP contribution in [0.2, 0.25) is 0 Å². The molecule has 19 heavy (non-hydrogen) atoms. The van der Waals surface area contributed by atoms with E-state index in [0.29, 0.717) is 12.4 Å². The first-order chi connectivity index (χ1) is 9.10. The highest BCUT2D eigenvalue weighted by atomic mass is 16.4. The molecular weight excluding hydrogens is 246 g/mol. The molecule has 0 aromatic carbocycles. The van der Waals surface area contributed by atoms with E-state index in [4.69, 9.17) is 5.11 Å². The Kier molecular flexibility index (Phi) is 3.74. The molecule has 0 radical (unpaired) electrons. The monoisotopic (exact) mass is 261 g/mol. The second-order valence-corrected chi connectivity index (χ2v) is 4.09. The van der Waals surface area contributed by atoms with Gasteiger partial charge in [0.2, 0.25) is 0 Å². The third-order valence-corrected chi connectivity index (χ3v) is 2.68.